The molecule has 0 aliphatic rings. The van der Waals surface area contributed by atoms with E-state index in [2.05, 4.69) is 39.6 Å². The van der Waals surface area contributed by atoms with Crippen LogP contribution in [0.3, 0.4) is 0 Å². The van der Waals surface area contributed by atoms with Gasteiger partial charge >= 0.3 is 0 Å². The van der Waals surface area contributed by atoms with E-state index in [0.717, 1.165) is 22.2 Å². The highest BCUT2D eigenvalue weighted by Crippen LogP contribution is 2.23. The van der Waals surface area contributed by atoms with Crippen molar-refractivity contribution in [3.05, 3.63) is 45.2 Å². The van der Waals surface area contributed by atoms with E-state index in [4.69, 9.17) is 0 Å². The molecule has 2 rings (SSSR count). The van der Waals surface area contributed by atoms with Crippen molar-refractivity contribution >= 4 is 10.9 Å². The van der Waals surface area contributed by atoms with Gasteiger partial charge in [-0.25, -0.2) is 0 Å². The van der Waals surface area contributed by atoms with Gasteiger partial charge in [0.15, 0.2) is 5.43 Å². The summed E-state index contributed by atoms with van der Waals surface area (Å²) in [6.07, 6.45) is 0. The number of hydrogen-bond donors (Lipinski definition) is 1. The number of H-pyrrole nitrogens is 1. The molecule has 0 unspecified atom stereocenters. The summed E-state index contributed by atoms with van der Waals surface area (Å²) < 4.78 is 0. The monoisotopic (exact) mass is 229 g/mol. The van der Waals surface area contributed by atoms with E-state index in [-0.39, 0.29) is 10.8 Å². The second kappa shape index (κ2) is 3.73. The topological polar surface area (TPSA) is 32.9 Å². The van der Waals surface area contributed by atoms with E-state index in [1.807, 2.05) is 12.1 Å². The maximum atomic E-state index is 12.1. The normalized spacial score (nSPS) is 12.1. The van der Waals surface area contributed by atoms with Crippen molar-refractivity contribution in [2.24, 2.45) is 0 Å². The SMILES string of the molecule is Cc1ccc2c(=O)cc(C(C)(C)C)[nH]c2c1C. The minimum atomic E-state index is -0.0382. The van der Waals surface area contributed by atoms with Gasteiger partial charge in [0.2, 0.25) is 0 Å². The third-order valence-electron chi connectivity index (χ3n) is 3.34. The summed E-state index contributed by atoms with van der Waals surface area (Å²) in [7, 11) is 0. The molecule has 0 saturated carbocycles. The van der Waals surface area contributed by atoms with Gasteiger partial charge in [0.1, 0.15) is 0 Å². The highest BCUT2D eigenvalue weighted by atomic mass is 16.1. The zero-order valence-electron chi connectivity index (χ0n) is 11.1. The van der Waals surface area contributed by atoms with Crippen molar-refractivity contribution in [3.8, 4) is 0 Å². The van der Waals surface area contributed by atoms with Crippen LogP contribution in [0.1, 0.15) is 37.6 Å². The van der Waals surface area contributed by atoms with Crippen molar-refractivity contribution in [1.29, 1.82) is 0 Å². The molecule has 2 heteroatoms. The number of rotatable bonds is 0. The lowest BCUT2D eigenvalue weighted by atomic mass is 9.90. The fourth-order valence-corrected chi connectivity index (χ4v) is 1.97. The predicted molar refractivity (Wildman–Crippen MR) is 72.7 cm³/mol. The summed E-state index contributed by atoms with van der Waals surface area (Å²) in [5, 5.41) is 0.779. The van der Waals surface area contributed by atoms with Gasteiger partial charge in [-0.2, -0.15) is 0 Å². The maximum absolute atomic E-state index is 12.1. The van der Waals surface area contributed by atoms with Crippen LogP contribution in [-0.2, 0) is 5.41 Å². The van der Waals surface area contributed by atoms with Crippen LogP contribution in [0.4, 0.5) is 0 Å². The molecule has 0 spiro atoms. The molecule has 17 heavy (non-hydrogen) atoms. The third-order valence-corrected chi connectivity index (χ3v) is 3.34. The first-order valence-electron chi connectivity index (χ1n) is 5.94. The first-order valence-corrected chi connectivity index (χ1v) is 5.94. The third kappa shape index (κ3) is 1.99. The first-order chi connectivity index (χ1) is 7.80. The van der Waals surface area contributed by atoms with Crippen molar-refractivity contribution in [2.45, 2.75) is 40.0 Å². The van der Waals surface area contributed by atoms with Gasteiger partial charge in [-0.15, -0.1) is 0 Å². The number of aryl methyl sites for hydroxylation is 2. The number of pyridine rings is 1. The molecule has 1 aromatic carbocycles. The molecule has 90 valence electrons. The van der Waals surface area contributed by atoms with Crippen LogP contribution in [-0.4, -0.2) is 4.98 Å². The first kappa shape index (κ1) is 11.9. The summed E-state index contributed by atoms with van der Waals surface area (Å²) >= 11 is 0. The molecule has 0 radical (unpaired) electrons. The summed E-state index contributed by atoms with van der Waals surface area (Å²) in [6.45, 7) is 10.4. The van der Waals surface area contributed by atoms with Gasteiger partial charge in [-0.05, 0) is 31.0 Å². The number of fused-ring (bicyclic) bond motifs is 1. The highest BCUT2D eigenvalue weighted by molar-refractivity contribution is 5.82. The minimum absolute atomic E-state index is 0.0382. The Kier molecular flexibility index (Phi) is 2.61. The number of hydrogen-bond acceptors (Lipinski definition) is 1. The van der Waals surface area contributed by atoms with Gasteiger partial charge < -0.3 is 4.98 Å². The predicted octanol–water partition coefficient (Wildman–Crippen LogP) is 3.44. The van der Waals surface area contributed by atoms with Gasteiger partial charge in [-0.3, -0.25) is 4.79 Å². The standard InChI is InChI=1S/C15H19NO/c1-9-6-7-11-12(17)8-13(15(3,4)5)16-14(11)10(9)2/h6-8H,1-5H3,(H,16,17). The van der Waals surface area contributed by atoms with Crippen LogP contribution in [0, 0.1) is 13.8 Å². The van der Waals surface area contributed by atoms with Crippen LogP contribution < -0.4 is 5.43 Å². The molecule has 0 aliphatic carbocycles. The highest BCUT2D eigenvalue weighted by Gasteiger charge is 2.16. The van der Waals surface area contributed by atoms with Crippen LogP contribution in [0.5, 0.6) is 0 Å². The lowest BCUT2D eigenvalue weighted by Crippen LogP contribution is -2.18. The Balaban J connectivity index is 2.89. The van der Waals surface area contributed by atoms with E-state index in [0.29, 0.717) is 0 Å². The summed E-state index contributed by atoms with van der Waals surface area (Å²) in [5.41, 5.74) is 4.39. The molecule has 0 saturated heterocycles. The molecule has 1 heterocycles. The fourth-order valence-electron chi connectivity index (χ4n) is 1.97. The van der Waals surface area contributed by atoms with E-state index in [1.54, 1.807) is 6.07 Å². The molecule has 0 fully saturated rings. The Bertz CT molecular complexity index is 630. The van der Waals surface area contributed by atoms with Gasteiger partial charge in [-0.1, -0.05) is 26.8 Å². The minimum Gasteiger partial charge on any atom is -0.358 e. The molecular formula is C15H19NO. The molecule has 1 N–H and O–H groups in total. The van der Waals surface area contributed by atoms with Crippen LogP contribution >= 0.6 is 0 Å². The van der Waals surface area contributed by atoms with E-state index < -0.39 is 0 Å². The Labute approximate surface area is 102 Å². The molecule has 0 bridgehead atoms. The Morgan fingerprint density at radius 1 is 1.12 bits per heavy atom. The van der Waals surface area contributed by atoms with Crippen molar-refractivity contribution in [1.82, 2.24) is 4.98 Å². The van der Waals surface area contributed by atoms with Gasteiger partial charge in [0.05, 0.1) is 5.52 Å². The molecule has 0 aliphatic heterocycles. The van der Waals surface area contributed by atoms with Crippen molar-refractivity contribution < 1.29 is 0 Å². The average molecular weight is 229 g/mol. The largest absolute Gasteiger partial charge is 0.358 e. The lowest BCUT2D eigenvalue weighted by Gasteiger charge is -2.19. The molecule has 2 aromatic rings. The average Bonchev–Trinajstić information content (AvgIpc) is 2.22. The second-order valence-electron chi connectivity index (χ2n) is 5.73. The number of benzene rings is 1. The Morgan fingerprint density at radius 2 is 1.76 bits per heavy atom. The van der Waals surface area contributed by atoms with Gasteiger partial charge in [0.25, 0.3) is 0 Å². The Morgan fingerprint density at radius 3 is 2.35 bits per heavy atom. The van der Waals surface area contributed by atoms with E-state index in [1.165, 1.54) is 5.56 Å². The number of aromatic amines is 1. The summed E-state index contributed by atoms with van der Waals surface area (Å²) in [4.78, 5) is 15.5. The fraction of sp³-hybridized carbons (Fsp3) is 0.400. The van der Waals surface area contributed by atoms with Crippen LogP contribution in [0.2, 0.25) is 0 Å². The molecule has 0 atom stereocenters. The number of nitrogens with one attached hydrogen (secondary N) is 1. The summed E-state index contributed by atoms with van der Waals surface area (Å²) in [6, 6.07) is 5.63. The zero-order valence-corrected chi connectivity index (χ0v) is 11.1. The lowest BCUT2D eigenvalue weighted by molar-refractivity contribution is 0.571. The quantitative estimate of drug-likeness (QED) is 0.737. The van der Waals surface area contributed by atoms with Gasteiger partial charge in [0, 0.05) is 22.6 Å². The second-order valence-corrected chi connectivity index (χ2v) is 5.73. The summed E-state index contributed by atoms with van der Waals surface area (Å²) in [5.74, 6) is 0. The zero-order chi connectivity index (χ0) is 12.8. The smallest absolute Gasteiger partial charge is 0.189 e. The molecule has 1 aromatic heterocycles. The van der Waals surface area contributed by atoms with Crippen LogP contribution in [0.25, 0.3) is 10.9 Å². The number of aromatic nitrogens is 1. The van der Waals surface area contributed by atoms with Crippen molar-refractivity contribution in [2.75, 3.05) is 0 Å². The van der Waals surface area contributed by atoms with Crippen molar-refractivity contribution in [3.63, 3.8) is 0 Å². The molecule has 2 nitrogen and oxygen atoms in total. The van der Waals surface area contributed by atoms with Crippen LogP contribution in [0.15, 0.2) is 23.0 Å². The molecule has 0 amide bonds. The molecular weight excluding hydrogens is 210 g/mol. The Hall–Kier alpha value is -1.57. The maximum Gasteiger partial charge on any atom is 0.189 e. The van der Waals surface area contributed by atoms with E-state index >= 15 is 0 Å². The van der Waals surface area contributed by atoms with E-state index in [9.17, 15) is 4.79 Å².